The van der Waals surface area contributed by atoms with Gasteiger partial charge in [0.2, 0.25) is 0 Å². The topological polar surface area (TPSA) is 9.23 Å². The van der Waals surface area contributed by atoms with Gasteiger partial charge in [0.1, 0.15) is 0 Å². The fourth-order valence-electron chi connectivity index (χ4n) is 2.84. The molecule has 1 saturated carbocycles. The Morgan fingerprint density at radius 1 is 1.06 bits per heavy atom. The second kappa shape index (κ2) is 6.78. The zero-order valence-corrected chi connectivity index (χ0v) is 12.6. The molecule has 1 aliphatic rings. The minimum absolute atomic E-state index is 0.489. The van der Waals surface area contributed by atoms with Crippen molar-refractivity contribution in [2.45, 2.75) is 79.2 Å². The van der Waals surface area contributed by atoms with Gasteiger partial charge in [-0.3, -0.25) is 0 Å². The second-order valence-electron chi connectivity index (χ2n) is 7.25. The lowest BCUT2D eigenvalue weighted by atomic mass is 9.72. The van der Waals surface area contributed by atoms with Gasteiger partial charge in [0.05, 0.1) is 6.10 Å². The quantitative estimate of drug-likeness (QED) is 0.611. The summed E-state index contributed by atoms with van der Waals surface area (Å²) in [5.41, 5.74) is 0.489. The van der Waals surface area contributed by atoms with Gasteiger partial charge in [-0.15, -0.1) is 0 Å². The maximum absolute atomic E-state index is 5.99. The van der Waals surface area contributed by atoms with Crippen molar-refractivity contribution in [1.82, 2.24) is 0 Å². The Morgan fingerprint density at radius 3 is 2.12 bits per heavy atom. The number of rotatable bonds is 5. The van der Waals surface area contributed by atoms with E-state index in [1.165, 1.54) is 38.5 Å². The van der Waals surface area contributed by atoms with Crippen LogP contribution in [0.1, 0.15) is 73.1 Å². The van der Waals surface area contributed by atoms with Crippen LogP contribution in [0.2, 0.25) is 0 Å². The van der Waals surface area contributed by atoms with Crippen LogP contribution in [0, 0.1) is 17.3 Å². The molecule has 0 atom stereocenters. The molecule has 0 aromatic rings. The van der Waals surface area contributed by atoms with Gasteiger partial charge in [0.15, 0.2) is 0 Å². The van der Waals surface area contributed by atoms with E-state index in [1.54, 1.807) is 0 Å². The molecular formula is C16H32O. The number of ether oxygens (including phenoxy) is 1. The van der Waals surface area contributed by atoms with E-state index in [4.69, 9.17) is 4.74 Å². The van der Waals surface area contributed by atoms with Gasteiger partial charge < -0.3 is 4.74 Å². The SMILES string of the molecule is CC(C)CCCOC1CCC(C(C)(C)C)CC1. The van der Waals surface area contributed by atoms with Crippen molar-refractivity contribution < 1.29 is 4.74 Å². The molecule has 1 fully saturated rings. The first-order valence-electron chi connectivity index (χ1n) is 7.51. The first-order valence-corrected chi connectivity index (χ1v) is 7.51. The summed E-state index contributed by atoms with van der Waals surface area (Å²) in [5, 5.41) is 0. The standard InChI is InChI=1S/C16H32O/c1-13(2)7-6-12-17-15-10-8-14(9-11-15)16(3,4)5/h13-15H,6-12H2,1-5H3. The van der Waals surface area contributed by atoms with Crippen LogP contribution in [-0.2, 0) is 4.74 Å². The maximum atomic E-state index is 5.99. The maximum Gasteiger partial charge on any atom is 0.0575 e. The lowest BCUT2D eigenvalue weighted by Gasteiger charge is -2.36. The van der Waals surface area contributed by atoms with Crippen LogP contribution in [0.5, 0.6) is 0 Å². The third-order valence-corrected chi connectivity index (χ3v) is 4.18. The lowest BCUT2D eigenvalue weighted by Crippen LogP contribution is -2.29. The Bertz CT molecular complexity index is 194. The smallest absolute Gasteiger partial charge is 0.0575 e. The minimum Gasteiger partial charge on any atom is -0.378 e. The molecule has 0 heterocycles. The molecule has 1 nitrogen and oxygen atoms in total. The monoisotopic (exact) mass is 240 g/mol. The van der Waals surface area contributed by atoms with Crippen molar-refractivity contribution in [2.24, 2.45) is 17.3 Å². The molecule has 0 saturated heterocycles. The molecule has 0 bridgehead atoms. The normalized spacial score (nSPS) is 26.5. The largest absolute Gasteiger partial charge is 0.378 e. The second-order valence-corrected chi connectivity index (χ2v) is 7.25. The van der Waals surface area contributed by atoms with Crippen LogP contribution in [0.3, 0.4) is 0 Å². The van der Waals surface area contributed by atoms with Gasteiger partial charge in [-0.05, 0) is 55.8 Å². The molecule has 0 aromatic carbocycles. The molecule has 0 aliphatic heterocycles. The highest BCUT2D eigenvalue weighted by Crippen LogP contribution is 2.38. The van der Waals surface area contributed by atoms with Gasteiger partial charge in [-0.1, -0.05) is 34.6 Å². The fraction of sp³-hybridized carbons (Fsp3) is 1.00. The Kier molecular flexibility index (Phi) is 5.99. The van der Waals surface area contributed by atoms with Crippen LogP contribution >= 0.6 is 0 Å². The summed E-state index contributed by atoms with van der Waals surface area (Å²) in [4.78, 5) is 0. The van der Waals surface area contributed by atoms with E-state index in [2.05, 4.69) is 34.6 Å². The molecule has 1 rings (SSSR count). The molecule has 0 spiro atoms. The summed E-state index contributed by atoms with van der Waals surface area (Å²) in [6, 6.07) is 0. The van der Waals surface area contributed by atoms with Crippen molar-refractivity contribution in [3.63, 3.8) is 0 Å². The molecule has 1 aliphatic carbocycles. The van der Waals surface area contributed by atoms with Gasteiger partial charge in [0.25, 0.3) is 0 Å². The van der Waals surface area contributed by atoms with Crippen molar-refractivity contribution in [2.75, 3.05) is 6.61 Å². The lowest BCUT2D eigenvalue weighted by molar-refractivity contribution is 0.00157. The zero-order chi connectivity index (χ0) is 12.9. The third kappa shape index (κ3) is 5.90. The summed E-state index contributed by atoms with van der Waals surface area (Å²) in [6.45, 7) is 12.7. The molecule has 1 heteroatoms. The van der Waals surface area contributed by atoms with Crippen molar-refractivity contribution >= 4 is 0 Å². The van der Waals surface area contributed by atoms with Crippen molar-refractivity contribution in [3.8, 4) is 0 Å². The predicted octanol–water partition coefficient (Wildman–Crippen LogP) is 5.04. The van der Waals surface area contributed by atoms with Crippen molar-refractivity contribution in [1.29, 1.82) is 0 Å². The first kappa shape index (κ1) is 15.0. The molecule has 0 aromatic heterocycles. The predicted molar refractivity (Wildman–Crippen MR) is 75.2 cm³/mol. The van der Waals surface area contributed by atoms with E-state index in [0.29, 0.717) is 11.5 Å². The molecule has 0 unspecified atom stereocenters. The average molecular weight is 240 g/mol. The van der Waals surface area contributed by atoms with E-state index >= 15 is 0 Å². The van der Waals surface area contributed by atoms with Crippen LogP contribution in [0.25, 0.3) is 0 Å². The Labute approximate surface area is 108 Å². The van der Waals surface area contributed by atoms with E-state index in [1.807, 2.05) is 0 Å². The van der Waals surface area contributed by atoms with Gasteiger partial charge in [-0.25, -0.2) is 0 Å². The van der Waals surface area contributed by atoms with E-state index in [-0.39, 0.29) is 0 Å². The number of hydrogen-bond donors (Lipinski definition) is 0. The molecule has 17 heavy (non-hydrogen) atoms. The Hall–Kier alpha value is -0.0400. The summed E-state index contributed by atoms with van der Waals surface area (Å²) in [7, 11) is 0. The van der Waals surface area contributed by atoms with Gasteiger partial charge in [0, 0.05) is 6.61 Å². The summed E-state index contributed by atoms with van der Waals surface area (Å²) < 4.78 is 5.99. The van der Waals surface area contributed by atoms with Crippen molar-refractivity contribution in [3.05, 3.63) is 0 Å². The molecule has 0 amide bonds. The van der Waals surface area contributed by atoms with E-state index in [0.717, 1.165) is 18.4 Å². The van der Waals surface area contributed by atoms with Crippen LogP contribution in [0.4, 0.5) is 0 Å². The molecular weight excluding hydrogens is 208 g/mol. The van der Waals surface area contributed by atoms with Crippen LogP contribution in [0.15, 0.2) is 0 Å². The highest BCUT2D eigenvalue weighted by atomic mass is 16.5. The highest BCUT2D eigenvalue weighted by molar-refractivity contribution is 4.80. The average Bonchev–Trinajstić information content (AvgIpc) is 2.23. The summed E-state index contributed by atoms with van der Waals surface area (Å²) in [6.07, 6.45) is 8.37. The fourth-order valence-corrected chi connectivity index (χ4v) is 2.84. The minimum atomic E-state index is 0.489. The Morgan fingerprint density at radius 2 is 1.65 bits per heavy atom. The molecule has 0 N–H and O–H groups in total. The molecule has 0 radical (unpaired) electrons. The van der Waals surface area contributed by atoms with E-state index < -0.39 is 0 Å². The summed E-state index contributed by atoms with van der Waals surface area (Å²) >= 11 is 0. The zero-order valence-electron chi connectivity index (χ0n) is 12.6. The first-order chi connectivity index (χ1) is 7.89. The van der Waals surface area contributed by atoms with Gasteiger partial charge in [-0.2, -0.15) is 0 Å². The summed E-state index contributed by atoms with van der Waals surface area (Å²) in [5.74, 6) is 1.72. The van der Waals surface area contributed by atoms with Gasteiger partial charge >= 0.3 is 0 Å². The Balaban J connectivity index is 2.11. The van der Waals surface area contributed by atoms with Crippen LogP contribution < -0.4 is 0 Å². The highest BCUT2D eigenvalue weighted by Gasteiger charge is 2.29. The molecule has 102 valence electrons. The number of hydrogen-bond acceptors (Lipinski definition) is 1. The van der Waals surface area contributed by atoms with E-state index in [9.17, 15) is 0 Å². The van der Waals surface area contributed by atoms with Crippen LogP contribution in [-0.4, -0.2) is 12.7 Å². The third-order valence-electron chi connectivity index (χ3n) is 4.18.